The largest absolute Gasteiger partial charge is 0.341 e. The van der Waals surface area contributed by atoms with Gasteiger partial charge in [0.05, 0.1) is 5.25 Å². The average Bonchev–Trinajstić information content (AvgIpc) is 2.81. The van der Waals surface area contributed by atoms with Crippen LogP contribution in [0, 0.1) is 5.92 Å². The van der Waals surface area contributed by atoms with E-state index in [1.165, 1.54) is 12.8 Å². The number of halogens is 1. The molecule has 5 heteroatoms. The highest BCUT2D eigenvalue weighted by Gasteiger charge is 2.31. The molecule has 1 aliphatic heterocycles. The van der Waals surface area contributed by atoms with Crippen LogP contribution in [0.3, 0.4) is 0 Å². The molecule has 1 amide bonds. The lowest BCUT2D eigenvalue weighted by Crippen LogP contribution is -2.45. The second kappa shape index (κ2) is 5.50. The SMILES string of the molecule is O=C(C1CCCC1)N1CCCC(S(=O)Cl)C1. The Morgan fingerprint density at radius 3 is 2.50 bits per heavy atom. The summed E-state index contributed by atoms with van der Waals surface area (Å²) in [6, 6.07) is 0. The summed E-state index contributed by atoms with van der Waals surface area (Å²) in [5, 5.41) is -0.0271. The summed E-state index contributed by atoms with van der Waals surface area (Å²) in [6.45, 7) is 1.41. The van der Waals surface area contributed by atoms with E-state index in [9.17, 15) is 9.00 Å². The summed E-state index contributed by atoms with van der Waals surface area (Å²) in [6.07, 6.45) is 6.23. The maximum Gasteiger partial charge on any atom is 0.225 e. The van der Waals surface area contributed by atoms with E-state index >= 15 is 0 Å². The molecule has 0 radical (unpaired) electrons. The minimum atomic E-state index is -1.31. The Labute approximate surface area is 103 Å². The van der Waals surface area contributed by atoms with Gasteiger partial charge in [-0.25, -0.2) is 4.21 Å². The lowest BCUT2D eigenvalue weighted by Gasteiger charge is -2.32. The fraction of sp³-hybridized carbons (Fsp3) is 0.909. The summed E-state index contributed by atoms with van der Waals surface area (Å²) in [7, 11) is 4.31. The molecule has 0 aromatic heterocycles. The van der Waals surface area contributed by atoms with Gasteiger partial charge in [-0.05, 0) is 36.4 Å². The molecule has 0 N–H and O–H groups in total. The molecule has 92 valence electrons. The molecule has 0 spiro atoms. The van der Waals surface area contributed by atoms with Crippen LogP contribution in [-0.2, 0) is 14.8 Å². The zero-order chi connectivity index (χ0) is 11.5. The number of hydrogen-bond donors (Lipinski definition) is 0. The number of hydrogen-bond acceptors (Lipinski definition) is 2. The number of piperidine rings is 1. The summed E-state index contributed by atoms with van der Waals surface area (Å²) in [4.78, 5) is 14.0. The Morgan fingerprint density at radius 1 is 1.19 bits per heavy atom. The van der Waals surface area contributed by atoms with Crippen molar-refractivity contribution in [1.29, 1.82) is 0 Å². The molecule has 1 aliphatic carbocycles. The van der Waals surface area contributed by atoms with Gasteiger partial charge in [-0.3, -0.25) is 4.79 Å². The van der Waals surface area contributed by atoms with Gasteiger partial charge < -0.3 is 4.90 Å². The fourth-order valence-corrected chi connectivity index (χ4v) is 3.81. The van der Waals surface area contributed by atoms with Crippen molar-refractivity contribution in [3.63, 3.8) is 0 Å². The minimum absolute atomic E-state index is 0.0271. The van der Waals surface area contributed by atoms with Gasteiger partial charge in [0, 0.05) is 19.0 Å². The van der Waals surface area contributed by atoms with Crippen molar-refractivity contribution in [2.24, 2.45) is 5.92 Å². The first-order chi connectivity index (χ1) is 7.68. The summed E-state index contributed by atoms with van der Waals surface area (Å²) >= 11 is 0. The first kappa shape index (κ1) is 12.4. The van der Waals surface area contributed by atoms with Gasteiger partial charge in [0.25, 0.3) is 0 Å². The van der Waals surface area contributed by atoms with Crippen molar-refractivity contribution in [2.75, 3.05) is 13.1 Å². The number of carbonyl (C=O) groups excluding carboxylic acids is 1. The third-order valence-electron chi connectivity index (χ3n) is 3.66. The Morgan fingerprint density at radius 2 is 1.88 bits per heavy atom. The quantitative estimate of drug-likeness (QED) is 0.716. The lowest BCUT2D eigenvalue weighted by molar-refractivity contribution is -0.136. The van der Waals surface area contributed by atoms with Crippen molar-refractivity contribution in [3.8, 4) is 0 Å². The van der Waals surface area contributed by atoms with Crippen molar-refractivity contribution in [1.82, 2.24) is 4.90 Å². The number of amides is 1. The van der Waals surface area contributed by atoms with Crippen LogP contribution >= 0.6 is 10.7 Å². The van der Waals surface area contributed by atoms with Crippen LogP contribution in [-0.4, -0.2) is 33.4 Å². The first-order valence-corrected chi connectivity index (χ1v) is 8.08. The second-order valence-electron chi connectivity index (χ2n) is 4.78. The fourth-order valence-electron chi connectivity index (χ4n) is 2.72. The highest BCUT2D eigenvalue weighted by atomic mass is 35.7. The summed E-state index contributed by atoms with van der Waals surface area (Å²) < 4.78 is 11.2. The molecule has 16 heavy (non-hydrogen) atoms. The van der Waals surface area contributed by atoms with Crippen molar-refractivity contribution in [3.05, 3.63) is 0 Å². The minimum Gasteiger partial charge on any atom is -0.341 e. The first-order valence-electron chi connectivity index (χ1n) is 6.04. The predicted molar refractivity (Wildman–Crippen MR) is 65.6 cm³/mol. The third-order valence-corrected chi connectivity index (χ3v) is 5.32. The van der Waals surface area contributed by atoms with Gasteiger partial charge in [-0.15, -0.1) is 0 Å². The van der Waals surface area contributed by atoms with E-state index < -0.39 is 10.0 Å². The van der Waals surface area contributed by atoms with Crippen molar-refractivity contribution in [2.45, 2.75) is 43.8 Å². The Kier molecular flexibility index (Phi) is 4.25. The average molecular weight is 264 g/mol. The van der Waals surface area contributed by atoms with Crippen LogP contribution in [0.15, 0.2) is 0 Å². The van der Waals surface area contributed by atoms with Crippen LogP contribution in [0.5, 0.6) is 0 Å². The van der Waals surface area contributed by atoms with Crippen LogP contribution in [0.1, 0.15) is 38.5 Å². The van der Waals surface area contributed by atoms with E-state index in [1.54, 1.807) is 0 Å². The van der Waals surface area contributed by atoms with E-state index in [4.69, 9.17) is 10.7 Å². The zero-order valence-corrected chi connectivity index (χ0v) is 10.9. The Bertz CT molecular complexity index is 292. The van der Waals surface area contributed by atoms with Gasteiger partial charge >= 0.3 is 0 Å². The van der Waals surface area contributed by atoms with Crippen LogP contribution in [0.25, 0.3) is 0 Å². The molecule has 1 heterocycles. The van der Waals surface area contributed by atoms with Gasteiger partial charge in [0.15, 0.2) is 0 Å². The van der Waals surface area contributed by atoms with Gasteiger partial charge in [0.2, 0.25) is 5.91 Å². The molecule has 2 fully saturated rings. The molecule has 1 saturated carbocycles. The number of carbonyl (C=O) groups is 1. The van der Waals surface area contributed by atoms with Crippen molar-refractivity contribution < 1.29 is 9.00 Å². The molecule has 0 aromatic carbocycles. The maximum atomic E-state index is 12.2. The van der Waals surface area contributed by atoms with Gasteiger partial charge in [-0.1, -0.05) is 12.8 Å². The maximum absolute atomic E-state index is 12.2. The van der Waals surface area contributed by atoms with Crippen LogP contribution in [0.4, 0.5) is 0 Å². The van der Waals surface area contributed by atoms with E-state index in [2.05, 4.69) is 0 Å². The highest BCUT2D eigenvalue weighted by Crippen LogP contribution is 2.28. The third kappa shape index (κ3) is 2.77. The molecule has 0 bridgehead atoms. The lowest BCUT2D eigenvalue weighted by atomic mass is 10.0. The molecule has 3 nitrogen and oxygen atoms in total. The normalized spacial score (nSPS) is 29.3. The van der Waals surface area contributed by atoms with E-state index in [0.29, 0.717) is 6.54 Å². The number of nitrogens with zero attached hydrogens (tertiary/aromatic N) is 1. The Hall–Kier alpha value is -0.0900. The summed E-state index contributed by atoms with van der Waals surface area (Å²) in [5.41, 5.74) is 0. The molecule has 2 unspecified atom stereocenters. The molecule has 0 aromatic rings. The van der Waals surface area contributed by atoms with Crippen molar-refractivity contribution >= 4 is 26.6 Å². The highest BCUT2D eigenvalue weighted by molar-refractivity contribution is 8.08. The van der Waals surface area contributed by atoms with Gasteiger partial charge in [0.1, 0.15) is 10.0 Å². The zero-order valence-electron chi connectivity index (χ0n) is 9.36. The topological polar surface area (TPSA) is 37.4 Å². The van der Waals surface area contributed by atoms with E-state index in [1.807, 2.05) is 4.90 Å². The summed E-state index contributed by atoms with van der Waals surface area (Å²) in [5.74, 6) is 0.492. The molecule has 2 atom stereocenters. The van der Waals surface area contributed by atoms with Crippen LogP contribution < -0.4 is 0 Å². The molecular formula is C11H18ClNO2S. The molecule has 2 rings (SSSR count). The predicted octanol–water partition coefficient (Wildman–Crippen LogP) is 2.07. The number of rotatable bonds is 2. The van der Waals surface area contributed by atoms with E-state index in [-0.39, 0.29) is 17.1 Å². The van der Waals surface area contributed by atoms with E-state index in [0.717, 1.165) is 32.2 Å². The monoisotopic (exact) mass is 263 g/mol. The van der Waals surface area contributed by atoms with Crippen LogP contribution in [0.2, 0.25) is 0 Å². The number of likely N-dealkylation sites (tertiary alicyclic amines) is 1. The molecule has 1 saturated heterocycles. The van der Waals surface area contributed by atoms with Gasteiger partial charge in [-0.2, -0.15) is 0 Å². The standard InChI is InChI=1S/C11H18ClNO2S/c12-16(15)10-6-3-7-13(8-10)11(14)9-4-1-2-5-9/h9-10H,1-8H2. The smallest absolute Gasteiger partial charge is 0.225 e. The Balaban J connectivity index is 1.93. The second-order valence-corrected chi connectivity index (χ2v) is 6.85. The molecular weight excluding hydrogens is 246 g/mol. The molecule has 2 aliphatic rings.